The fraction of sp³-hybridized carbons (Fsp3) is 0.323. The number of aromatic nitrogens is 1. The Hall–Kier alpha value is -2.71. The molecule has 0 bridgehead atoms. The molecule has 5 aromatic rings. The zero-order valence-corrected chi connectivity index (χ0v) is 20.9. The van der Waals surface area contributed by atoms with E-state index < -0.39 is 18.6 Å². The summed E-state index contributed by atoms with van der Waals surface area (Å²) in [6.45, 7) is 9.57. The molecule has 3 aromatic carbocycles. The molecule has 2 heterocycles. The summed E-state index contributed by atoms with van der Waals surface area (Å²) >= 11 is 1.41. The van der Waals surface area contributed by atoms with Crippen LogP contribution in [0.5, 0.6) is 0 Å². The van der Waals surface area contributed by atoms with E-state index in [1.54, 1.807) is 33.0 Å². The van der Waals surface area contributed by atoms with Gasteiger partial charge in [-0.15, -0.1) is 11.3 Å². The molecule has 2 heteroatoms. The molecule has 0 aliphatic heterocycles. The molecule has 33 heavy (non-hydrogen) atoms. The molecule has 0 saturated heterocycles. The van der Waals surface area contributed by atoms with Gasteiger partial charge >= 0.3 is 0 Å². The molecule has 168 valence electrons. The maximum Gasteiger partial charge on any atom is 0.0880 e. The van der Waals surface area contributed by atoms with E-state index in [1.807, 2.05) is 18.2 Å². The molecule has 0 N–H and O–H groups in total. The van der Waals surface area contributed by atoms with E-state index in [0.717, 1.165) is 32.1 Å². The lowest BCUT2D eigenvalue weighted by Crippen LogP contribution is -2.12. The predicted octanol–water partition coefficient (Wildman–Crippen LogP) is 9.46. The first kappa shape index (κ1) is 16.8. The minimum atomic E-state index is -2.47. The first-order valence-corrected chi connectivity index (χ1v) is 12.2. The van der Waals surface area contributed by atoms with Crippen molar-refractivity contribution >= 4 is 42.3 Å². The Labute approximate surface area is 208 Å². The highest BCUT2D eigenvalue weighted by Gasteiger charge is 2.21. The van der Waals surface area contributed by atoms with Crippen molar-refractivity contribution in [2.75, 3.05) is 0 Å². The monoisotopic (exact) mass is 456 g/mol. The predicted molar refractivity (Wildman–Crippen MR) is 147 cm³/mol. The third-order valence-corrected chi connectivity index (χ3v) is 7.25. The highest BCUT2D eigenvalue weighted by atomic mass is 32.1. The van der Waals surface area contributed by atoms with Crippen molar-refractivity contribution in [1.82, 2.24) is 4.98 Å². The molecule has 2 aromatic heterocycles. The highest BCUT2D eigenvalue weighted by Crippen LogP contribution is 2.43. The average molecular weight is 457 g/mol. The third-order valence-electron chi connectivity index (χ3n) is 6.01. The van der Waals surface area contributed by atoms with E-state index in [2.05, 4.69) is 51.1 Å². The molecular formula is C31H33NS. The highest BCUT2D eigenvalue weighted by molar-refractivity contribution is 7.26. The Morgan fingerprint density at radius 1 is 0.879 bits per heavy atom. The summed E-state index contributed by atoms with van der Waals surface area (Å²) in [6.07, 6.45) is -0.0464. The lowest BCUT2D eigenvalue weighted by molar-refractivity contribution is 0.410. The topological polar surface area (TPSA) is 12.9 Å². The van der Waals surface area contributed by atoms with Gasteiger partial charge < -0.3 is 0 Å². The molecule has 1 nitrogen and oxygen atoms in total. The average Bonchev–Trinajstić information content (AvgIpc) is 3.19. The van der Waals surface area contributed by atoms with E-state index >= 15 is 0 Å². The van der Waals surface area contributed by atoms with E-state index in [4.69, 9.17) is 11.8 Å². The Bertz CT molecular complexity index is 1700. The van der Waals surface area contributed by atoms with Crippen molar-refractivity contribution in [1.29, 1.82) is 0 Å². The maximum atomic E-state index is 8.89. The fourth-order valence-electron chi connectivity index (χ4n) is 4.55. The van der Waals surface area contributed by atoms with Gasteiger partial charge in [0.25, 0.3) is 0 Å². The second-order valence-electron chi connectivity index (χ2n) is 10.9. The van der Waals surface area contributed by atoms with Crippen molar-refractivity contribution in [2.45, 2.75) is 60.2 Å². The van der Waals surface area contributed by atoms with Gasteiger partial charge in [-0.2, -0.15) is 0 Å². The lowest BCUT2D eigenvalue weighted by Gasteiger charge is -2.22. The van der Waals surface area contributed by atoms with Gasteiger partial charge in [0.2, 0.25) is 0 Å². The fourth-order valence-corrected chi connectivity index (χ4v) is 5.81. The number of hydrogen-bond donors (Lipinski definition) is 0. The molecule has 0 saturated carbocycles. The Morgan fingerprint density at radius 2 is 1.64 bits per heavy atom. The summed E-state index contributed by atoms with van der Waals surface area (Å²) in [5.74, 6) is 0. The first-order valence-electron chi connectivity index (χ1n) is 13.9. The summed E-state index contributed by atoms with van der Waals surface area (Å²) in [5, 5.41) is 4.11. The molecule has 0 amide bonds. The summed E-state index contributed by atoms with van der Waals surface area (Å²) in [7, 11) is 0. The second-order valence-corrected chi connectivity index (χ2v) is 11.9. The van der Waals surface area contributed by atoms with Crippen molar-refractivity contribution in [2.24, 2.45) is 5.41 Å². The van der Waals surface area contributed by atoms with Gasteiger partial charge in [0.15, 0.2) is 0 Å². The van der Waals surface area contributed by atoms with Crippen LogP contribution >= 0.6 is 11.3 Å². The van der Waals surface area contributed by atoms with Crippen LogP contribution in [0.1, 0.15) is 65.1 Å². The van der Waals surface area contributed by atoms with Gasteiger partial charge in [-0.25, -0.2) is 0 Å². The minimum Gasteiger partial charge on any atom is -0.255 e. The first-order chi connectivity index (χ1) is 17.5. The normalized spacial score (nSPS) is 15.9. The van der Waals surface area contributed by atoms with Crippen molar-refractivity contribution in [3.05, 3.63) is 77.5 Å². The number of thiophene rings is 1. The molecule has 0 fully saturated rings. The Kier molecular flexibility index (Phi) is 3.91. The van der Waals surface area contributed by atoms with Crippen LogP contribution in [0, 0.1) is 12.3 Å². The van der Waals surface area contributed by atoms with Crippen molar-refractivity contribution in [3.63, 3.8) is 0 Å². The van der Waals surface area contributed by atoms with Crippen LogP contribution in [0.15, 0.2) is 60.8 Å². The van der Waals surface area contributed by atoms with Crippen LogP contribution in [0.4, 0.5) is 0 Å². The van der Waals surface area contributed by atoms with Crippen LogP contribution in [0.25, 0.3) is 42.2 Å². The van der Waals surface area contributed by atoms with Gasteiger partial charge in [0.1, 0.15) is 0 Å². The van der Waals surface area contributed by atoms with Crippen molar-refractivity contribution < 1.29 is 6.85 Å². The molecule has 0 atom stereocenters. The summed E-state index contributed by atoms with van der Waals surface area (Å²) in [4.78, 5) is 4.80. The molecular weight excluding hydrogens is 418 g/mol. The van der Waals surface area contributed by atoms with Crippen LogP contribution in [0.2, 0.25) is 0 Å². The molecule has 0 aliphatic rings. The SMILES string of the molecule is [2H]C([2H])([2H])c1c(C([2H])([2H])C(C)(C)C)ccc2c1sc1c(-c3cc(C(C)(C)C)c4ccccc4c3)nccc12. The number of aryl methyl sites for hydroxylation is 1. The number of hydrogen-bond acceptors (Lipinski definition) is 2. The smallest absolute Gasteiger partial charge is 0.0880 e. The molecule has 0 radical (unpaired) electrons. The Balaban J connectivity index is 1.86. The second kappa shape index (κ2) is 7.67. The van der Waals surface area contributed by atoms with Crippen LogP contribution in [0.3, 0.4) is 0 Å². The zero-order chi connectivity index (χ0) is 27.8. The quantitative estimate of drug-likeness (QED) is 0.258. The standard InChI is InChI=1S/C31H33NS/c1-19-21(18-30(2,3)4)12-13-24-25-14-15-32-27(29(25)33-28(19)24)22-16-20-10-8-9-11-23(20)26(17-22)31(5,6)7/h8-17H,18H2,1-7H3/i1D3,18D2. The summed E-state index contributed by atoms with van der Waals surface area (Å²) in [6, 6.07) is 18.2. The number of nitrogens with zero attached hydrogens (tertiary/aromatic N) is 1. The van der Waals surface area contributed by atoms with Gasteiger partial charge in [0.05, 0.1) is 10.4 Å². The number of rotatable bonds is 2. The van der Waals surface area contributed by atoms with Crippen LogP contribution in [-0.4, -0.2) is 4.98 Å². The number of fused-ring (bicyclic) bond motifs is 4. The van der Waals surface area contributed by atoms with E-state index in [0.29, 0.717) is 4.70 Å². The van der Waals surface area contributed by atoms with Crippen molar-refractivity contribution in [3.8, 4) is 11.3 Å². The number of pyridine rings is 1. The van der Waals surface area contributed by atoms with Gasteiger partial charge in [-0.3, -0.25) is 4.98 Å². The molecule has 5 rings (SSSR count). The zero-order valence-electron chi connectivity index (χ0n) is 25.1. The van der Waals surface area contributed by atoms with E-state index in [1.165, 1.54) is 22.3 Å². The van der Waals surface area contributed by atoms with Crippen LogP contribution < -0.4 is 0 Å². The van der Waals surface area contributed by atoms with E-state index in [9.17, 15) is 0 Å². The number of benzene rings is 3. The molecule has 0 spiro atoms. The maximum absolute atomic E-state index is 8.89. The summed E-state index contributed by atoms with van der Waals surface area (Å²) < 4.78 is 44.6. The van der Waals surface area contributed by atoms with Gasteiger partial charge in [-0.1, -0.05) is 77.9 Å². The molecule has 0 unspecified atom stereocenters. The van der Waals surface area contributed by atoms with Crippen LogP contribution in [-0.2, 0) is 11.8 Å². The van der Waals surface area contributed by atoms with Gasteiger partial charge in [-0.05, 0) is 69.7 Å². The Morgan fingerprint density at radius 3 is 2.36 bits per heavy atom. The largest absolute Gasteiger partial charge is 0.255 e. The van der Waals surface area contributed by atoms with E-state index in [-0.39, 0.29) is 16.5 Å². The summed E-state index contributed by atoms with van der Waals surface area (Å²) in [5.41, 5.74) is 2.53. The van der Waals surface area contributed by atoms with Gasteiger partial charge in [0, 0.05) is 34.1 Å². The minimum absolute atomic E-state index is 0.0778. The third kappa shape index (κ3) is 3.95. The molecule has 0 aliphatic carbocycles. The lowest BCUT2D eigenvalue weighted by atomic mass is 9.82.